The number of aliphatic hydroxyl groups is 1. The lowest BCUT2D eigenvalue weighted by Gasteiger charge is -2.23. The van der Waals surface area contributed by atoms with E-state index < -0.39 is 11.6 Å². The molecule has 110 valence electrons. The molecule has 2 rings (SSSR count). The zero-order chi connectivity index (χ0) is 14.4. The highest BCUT2D eigenvalue weighted by Gasteiger charge is 2.31. The number of rotatable bonds is 6. The van der Waals surface area contributed by atoms with Crippen LogP contribution in [0.1, 0.15) is 37.7 Å². The minimum atomic E-state index is -0.713. The van der Waals surface area contributed by atoms with E-state index in [0.717, 1.165) is 32.1 Å². The molecule has 0 radical (unpaired) electrons. The van der Waals surface area contributed by atoms with Crippen molar-refractivity contribution < 1.29 is 9.90 Å². The number of aryl methyl sites for hydroxylation is 1. The van der Waals surface area contributed by atoms with Gasteiger partial charge in [0.05, 0.1) is 11.6 Å². The van der Waals surface area contributed by atoms with Crippen molar-refractivity contribution in [2.75, 3.05) is 6.54 Å². The SMILES string of the molecule is N[C@@H](CCc1ccccc1)C(=O)NCC1(O)CCCC1. The van der Waals surface area contributed by atoms with Gasteiger partial charge in [0.15, 0.2) is 0 Å². The van der Waals surface area contributed by atoms with Crippen LogP contribution in [-0.2, 0) is 11.2 Å². The van der Waals surface area contributed by atoms with Crippen LogP contribution in [0.5, 0.6) is 0 Å². The molecule has 4 N–H and O–H groups in total. The largest absolute Gasteiger partial charge is 0.388 e. The van der Waals surface area contributed by atoms with Crippen LogP contribution < -0.4 is 11.1 Å². The molecule has 1 fully saturated rings. The predicted molar refractivity (Wildman–Crippen MR) is 79.2 cm³/mol. The molecule has 20 heavy (non-hydrogen) atoms. The summed E-state index contributed by atoms with van der Waals surface area (Å²) in [6.45, 7) is 0.324. The second-order valence-electron chi connectivity index (χ2n) is 5.78. The van der Waals surface area contributed by atoms with Crippen LogP contribution in [0, 0.1) is 0 Å². The Labute approximate surface area is 120 Å². The molecule has 0 bridgehead atoms. The Morgan fingerprint density at radius 3 is 2.60 bits per heavy atom. The zero-order valence-corrected chi connectivity index (χ0v) is 11.8. The average molecular weight is 276 g/mol. The van der Waals surface area contributed by atoms with E-state index in [0.29, 0.717) is 13.0 Å². The van der Waals surface area contributed by atoms with Gasteiger partial charge < -0.3 is 16.2 Å². The first-order chi connectivity index (χ1) is 9.59. The first-order valence-corrected chi connectivity index (χ1v) is 7.39. The van der Waals surface area contributed by atoms with Crippen molar-refractivity contribution in [1.82, 2.24) is 5.32 Å². The summed E-state index contributed by atoms with van der Waals surface area (Å²) < 4.78 is 0. The third-order valence-corrected chi connectivity index (χ3v) is 4.05. The van der Waals surface area contributed by atoms with Gasteiger partial charge in [-0.2, -0.15) is 0 Å². The maximum absolute atomic E-state index is 11.9. The van der Waals surface area contributed by atoms with Crippen molar-refractivity contribution in [2.24, 2.45) is 5.73 Å². The summed E-state index contributed by atoms with van der Waals surface area (Å²) in [5.74, 6) is -0.166. The average Bonchev–Trinajstić information content (AvgIpc) is 2.90. The van der Waals surface area contributed by atoms with Gasteiger partial charge in [0.25, 0.3) is 0 Å². The maximum atomic E-state index is 11.9. The van der Waals surface area contributed by atoms with Gasteiger partial charge in [0.2, 0.25) is 5.91 Å². The summed E-state index contributed by atoms with van der Waals surface area (Å²) in [6.07, 6.45) is 5.02. The van der Waals surface area contributed by atoms with Crippen LogP contribution in [-0.4, -0.2) is 29.2 Å². The van der Waals surface area contributed by atoms with Crippen molar-refractivity contribution in [3.05, 3.63) is 35.9 Å². The fourth-order valence-electron chi connectivity index (χ4n) is 2.69. The van der Waals surface area contributed by atoms with E-state index in [4.69, 9.17) is 5.73 Å². The Balaban J connectivity index is 1.72. The summed E-state index contributed by atoms with van der Waals surface area (Å²) >= 11 is 0. The van der Waals surface area contributed by atoms with Gasteiger partial charge >= 0.3 is 0 Å². The molecule has 1 aromatic rings. The Kier molecular flexibility index (Phi) is 5.15. The molecule has 1 amide bonds. The third kappa shape index (κ3) is 4.32. The summed E-state index contributed by atoms with van der Waals surface area (Å²) in [5.41, 5.74) is 6.37. The number of hydrogen-bond acceptors (Lipinski definition) is 3. The van der Waals surface area contributed by atoms with Crippen LogP contribution in [0.2, 0.25) is 0 Å². The van der Waals surface area contributed by atoms with Crippen LogP contribution in [0.15, 0.2) is 30.3 Å². The molecule has 4 heteroatoms. The summed E-state index contributed by atoms with van der Waals surface area (Å²) in [4.78, 5) is 11.9. The molecule has 0 saturated heterocycles. The van der Waals surface area contributed by atoms with E-state index in [1.165, 1.54) is 5.56 Å². The topological polar surface area (TPSA) is 75.4 Å². The van der Waals surface area contributed by atoms with Crippen molar-refractivity contribution in [3.63, 3.8) is 0 Å². The standard InChI is InChI=1S/C16H24N2O2/c17-14(9-8-13-6-2-1-3-7-13)15(19)18-12-16(20)10-4-5-11-16/h1-3,6-7,14,20H,4-5,8-12,17H2,(H,18,19)/t14-/m0/s1. The molecular formula is C16H24N2O2. The van der Waals surface area contributed by atoms with Crippen LogP contribution in [0.4, 0.5) is 0 Å². The molecule has 1 aliphatic rings. The Hall–Kier alpha value is -1.39. The number of hydrogen-bond donors (Lipinski definition) is 3. The van der Waals surface area contributed by atoms with Crippen molar-refractivity contribution in [3.8, 4) is 0 Å². The van der Waals surface area contributed by atoms with Gasteiger partial charge in [0, 0.05) is 6.54 Å². The van der Waals surface area contributed by atoms with Crippen LogP contribution in [0.25, 0.3) is 0 Å². The number of carbonyl (C=O) groups is 1. The Morgan fingerprint density at radius 1 is 1.30 bits per heavy atom. The highest BCUT2D eigenvalue weighted by Crippen LogP contribution is 2.28. The normalized spacial score (nSPS) is 18.7. The number of nitrogens with one attached hydrogen (secondary N) is 1. The highest BCUT2D eigenvalue weighted by molar-refractivity contribution is 5.81. The van der Waals surface area contributed by atoms with E-state index in [1.54, 1.807) is 0 Å². The number of nitrogens with two attached hydrogens (primary N) is 1. The van der Waals surface area contributed by atoms with Gasteiger partial charge in [-0.3, -0.25) is 4.79 Å². The number of carbonyl (C=O) groups excluding carboxylic acids is 1. The summed E-state index contributed by atoms with van der Waals surface area (Å²) in [5, 5.41) is 13.0. The lowest BCUT2D eigenvalue weighted by Crippen LogP contribution is -2.47. The summed E-state index contributed by atoms with van der Waals surface area (Å²) in [6, 6.07) is 9.49. The number of benzene rings is 1. The Bertz CT molecular complexity index is 427. The molecule has 1 atom stereocenters. The van der Waals surface area contributed by atoms with E-state index in [1.807, 2.05) is 30.3 Å². The van der Waals surface area contributed by atoms with E-state index in [-0.39, 0.29) is 5.91 Å². The van der Waals surface area contributed by atoms with Crippen LogP contribution >= 0.6 is 0 Å². The number of amides is 1. The van der Waals surface area contributed by atoms with Gasteiger partial charge in [-0.15, -0.1) is 0 Å². The smallest absolute Gasteiger partial charge is 0.237 e. The van der Waals surface area contributed by atoms with Gasteiger partial charge in [-0.1, -0.05) is 43.2 Å². The zero-order valence-electron chi connectivity index (χ0n) is 11.8. The first-order valence-electron chi connectivity index (χ1n) is 7.39. The predicted octanol–water partition coefficient (Wildman–Crippen LogP) is 1.37. The van der Waals surface area contributed by atoms with E-state index >= 15 is 0 Å². The minimum absolute atomic E-state index is 0.166. The fourth-order valence-corrected chi connectivity index (χ4v) is 2.69. The maximum Gasteiger partial charge on any atom is 0.237 e. The van der Waals surface area contributed by atoms with Gasteiger partial charge in [-0.05, 0) is 31.2 Å². The third-order valence-electron chi connectivity index (χ3n) is 4.05. The molecule has 0 aromatic heterocycles. The quantitative estimate of drug-likeness (QED) is 0.734. The molecule has 0 spiro atoms. The van der Waals surface area contributed by atoms with Crippen molar-refractivity contribution in [1.29, 1.82) is 0 Å². The Morgan fingerprint density at radius 2 is 1.95 bits per heavy atom. The highest BCUT2D eigenvalue weighted by atomic mass is 16.3. The molecule has 1 aliphatic carbocycles. The van der Waals surface area contributed by atoms with Gasteiger partial charge in [-0.25, -0.2) is 0 Å². The van der Waals surface area contributed by atoms with E-state index in [2.05, 4.69) is 5.32 Å². The molecular weight excluding hydrogens is 252 g/mol. The molecule has 0 aliphatic heterocycles. The van der Waals surface area contributed by atoms with Crippen molar-refractivity contribution >= 4 is 5.91 Å². The molecule has 1 saturated carbocycles. The first kappa shape index (κ1) is 15.0. The lowest BCUT2D eigenvalue weighted by atomic mass is 10.0. The minimum Gasteiger partial charge on any atom is -0.388 e. The van der Waals surface area contributed by atoms with Gasteiger partial charge in [0.1, 0.15) is 0 Å². The molecule has 0 heterocycles. The summed E-state index contributed by atoms with van der Waals surface area (Å²) in [7, 11) is 0. The molecule has 0 unspecified atom stereocenters. The monoisotopic (exact) mass is 276 g/mol. The lowest BCUT2D eigenvalue weighted by molar-refractivity contribution is -0.123. The van der Waals surface area contributed by atoms with E-state index in [9.17, 15) is 9.90 Å². The van der Waals surface area contributed by atoms with Crippen LogP contribution in [0.3, 0.4) is 0 Å². The fraction of sp³-hybridized carbons (Fsp3) is 0.562. The molecule has 1 aromatic carbocycles. The second kappa shape index (κ2) is 6.86. The van der Waals surface area contributed by atoms with Crippen molar-refractivity contribution in [2.45, 2.75) is 50.2 Å². The second-order valence-corrected chi connectivity index (χ2v) is 5.78. The molecule has 4 nitrogen and oxygen atoms in total.